The number of pyridine rings is 1. The number of aryl methyl sites for hydroxylation is 1. The van der Waals surface area contributed by atoms with E-state index in [1.807, 2.05) is 68.4 Å². The van der Waals surface area contributed by atoms with Crippen molar-refractivity contribution in [2.75, 3.05) is 10.6 Å². The maximum atomic E-state index is 12.5. The molecule has 0 spiro atoms. The molecule has 0 saturated heterocycles. The number of hydrogen-bond donors (Lipinski definition) is 2. The number of rotatable bonds is 4. The van der Waals surface area contributed by atoms with Crippen molar-refractivity contribution in [3.05, 3.63) is 83.7 Å². The summed E-state index contributed by atoms with van der Waals surface area (Å²) < 4.78 is 0. The molecule has 3 rings (SSSR count). The molecule has 0 aliphatic carbocycles. The van der Waals surface area contributed by atoms with Crippen molar-refractivity contribution in [1.29, 1.82) is 0 Å². The van der Waals surface area contributed by atoms with Crippen LogP contribution < -0.4 is 10.6 Å². The summed E-state index contributed by atoms with van der Waals surface area (Å²) in [5, 5.41) is 6.19. The Bertz CT molecular complexity index is 860. The van der Waals surface area contributed by atoms with Gasteiger partial charge >= 0.3 is 0 Å². The zero-order chi connectivity index (χ0) is 16.9. The molecule has 2 aromatic carbocycles. The highest BCUT2D eigenvalue weighted by Gasteiger charge is 2.10. The summed E-state index contributed by atoms with van der Waals surface area (Å²) in [6.45, 7) is 4.01. The first-order valence-corrected chi connectivity index (χ1v) is 7.79. The van der Waals surface area contributed by atoms with Crippen LogP contribution in [0.3, 0.4) is 0 Å². The van der Waals surface area contributed by atoms with E-state index in [2.05, 4.69) is 15.6 Å². The molecule has 24 heavy (non-hydrogen) atoms. The molecule has 1 amide bonds. The van der Waals surface area contributed by atoms with Crippen LogP contribution in [0.2, 0.25) is 0 Å². The van der Waals surface area contributed by atoms with E-state index >= 15 is 0 Å². The van der Waals surface area contributed by atoms with Crippen LogP contribution in [0.5, 0.6) is 0 Å². The monoisotopic (exact) mass is 317 g/mol. The first kappa shape index (κ1) is 15.7. The summed E-state index contributed by atoms with van der Waals surface area (Å²) >= 11 is 0. The number of benzene rings is 2. The molecule has 1 aromatic heterocycles. The van der Waals surface area contributed by atoms with Crippen LogP contribution in [-0.2, 0) is 0 Å². The van der Waals surface area contributed by atoms with Gasteiger partial charge in [-0.2, -0.15) is 0 Å². The van der Waals surface area contributed by atoms with Crippen LogP contribution in [0, 0.1) is 13.8 Å². The van der Waals surface area contributed by atoms with E-state index in [9.17, 15) is 4.79 Å². The molecule has 4 heteroatoms. The number of anilines is 3. The summed E-state index contributed by atoms with van der Waals surface area (Å²) in [5.74, 6) is -0.222. The minimum atomic E-state index is -0.222. The third-order valence-electron chi connectivity index (χ3n) is 3.91. The molecule has 1 heterocycles. The van der Waals surface area contributed by atoms with Gasteiger partial charge in [-0.3, -0.25) is 9.78 Å². The third kappa shape index (κ3) is 3.60. The molecular weight excluding hydrogens is 298 g/mol. The number of amides is 1. The largest absolute Gasteiger partial charge is 0.355 e. The normalized spacial score (nSPS) is 10.2. The highest BCUT2D eigenvalue weighted by molar-refractivity contribution is 6.03. The third-order valence-corrected chi connectivity index (χ3v) is 3.91. The molecule has 0 saturated carbocycles. The van der Waals surface area contributed by atoms with Crippen LogP contribution in [0.4, 0.5) is 17.1 Å². The lowest BCUT2D eigenvalue weighted by atomic mass is 10.1. The lowest BCUT2D eigenvalue weighted by Crippen LogP contribution is -2.14. The molecular formula is C20H19N3O. The van der Waals surface area contributed by atoms with Gasteiger partial charge in [0.2, 0.25) is 0 Å². The number of carbonyl (C=O) groups is 1. The van der Waals surface area contributed by atoms with Gasteiger partial charge in [0.25, 0.3) is 5.91 Å². The molecule has 0 aliphatic heterocycles. The number of para-hydroxylation sites is 1. The average molecular weight is 317 g/mol. The molecule has 0 unspecified atom stereocenters. The van der Waals surface area contributed by atoms with E-state index in [-0.39, 0.29) is 5.91 Å². The predicted octanol–water partition coefficient (Wildman–Crippen LogP) is 4.69. The van der Waals surface area contributed by atoms with Crippen LogP contribution in [0.1, 0.15) is 21.6 Å². The Morgan fingerprint density at radius 2 is 1.71 bits per heavy atom. The molecule has 0 aliphatic rings. The van der Waals surface area contributed by atoms with Gasteiger partial charge in [-0.15, -0.1) is 0 Å². The Labute approximate surface area is 141 Å². The molecule has 4 nitrogen and oxygen atoms in total. The van der Waals surface area contributed by atoms with Crippen molar-refractivity contribution in [2.24, 2.45) is 0 Å². The zero-order valence-electron chi connectivity index (χ0n) is 13.7. The van der Waals surface area contributed by atoms with Gasteiger partial charge in [0, 0.05) is 23.3 Å². The van der Waals surface area contributed by atoms with Crippen LogP contribution >= 0.6 is 0 Å². The number of aromatic nitrogens is 1. The molecule has 0 atom stereocenters. The van der Waals surface area contributed by atoms with E-state index in [0.29, 0.717) is 5.69 Å². The lowest BCUT2D eigenvalue weighted by molar-refractivity contribution is 0.102. The van der Waals surface area contributed by atoms with Gasteiger partial charge < -0.3 is 10.6 Å². The quantitative estimate of drug-likeness (QED) is 0.733. The standard InChI is InChI=1S/C20H19N3O/c1-14-7-6-10-18(15(14)2)23-20(24)19-13-17(11-12-21-19)22-16-8-4-3-5-9-16/h3-13H,1-2H3,(H,21,22)(H,23,24). The minimum absolute atomic E-state index is 0.222. The smallest absolute Gasteiger partial charge is 0.274 e. The zero-order valence-corrected chi connectivity index (χ0v) is 13.7. The second kappa shape index (κ2) is 6.96. The Hall–Kier alpha value is -3.14. The van der Waals surface area contributed by atoms with Crippen molar-refractivity contribution in [3.63, 3.8) is 0 Å². The second-order valence-electron chi connectivity index (χ2n) is 5.62. The highest BCUT2D eigenvalue weighted by atomic mass is 16.1. The minimum Gasteiger partial charge on any atom is -0.355 e. The Balaban J connectivity index is 1.78. The SMILES string of the molecule is Cc1cccc(NC(=O)c2cc(Nc3ccccc3)ccn2)c1C. The van der Waals surface area contributed by atoms with Crippen molar-refractivity contribution < 1.29 is 4.79 Å². The first-order chi connectivity index (χ1) is 11.6. The summed E-state index contributed by atoms with van der Waals surface area (Å²) in [6, 6.07) is 19.2. The molecule has 0 bridgehead atoms. The van der Waals surface area contributed by atoms with Crippen LogP contribution in [0.15, 0.2) is 66.9 Å². The van der Waals surface area contributed by atoms with Gasteiger partial charge in [0.1, 0.15) is 5.69 Å². The predicted molar refractivity (Wildman–Crippen MR) is 97.8 cm³/mol. The Kier molecular flexibility index (Phi) is 4.57. The fourth-order valence-electron chi connectivity index (χ4n) is 2.39. The fraction of sp³-hybridized carbons (Fsp3) is 0.100. The highest BCUT2D eigenvalue weighted by Crippen LogP contribution is 2.20. The Morgan fingerprint density at radius 3 is 2.50 bits per heavy atom. The first-order valence-electron chi connectivity index (χ1n) is 7.79. The van der Waals surface area contributed by atoms with E-state index in [0.717, 1.165) is 28.2 Å². The molecule has 3 aromatic rings. The lowest BCUT2D eigenvalue weighted by Gasteiger charge is -2.11. The molecule has 0 fully saturated rings. The fourth-order valence-corrected chi connectivity index (χ4v) is 2.39. The summed E-state index contributed by atoms with van der Waals surface area (Å²) in [7, 11) is 0. The number of hydrogen-bond acceptors (Lipinski definition) is 3. The van der Waals surface area contributed by atoms with Gasteiger partial charge in [0.05, 0.1) is 0 Å². The van der Waals surface area contributed by atoms with E-state index < -0.39 is 0 Å². The van der Waals surface area contributed by atoms with E-state index in [1.165, 1.54) is 0 Å². The maximum absolute atomic E-state index is 12.5. The number of carbonyl (C=O) groups excluding carboxylic acids is 1. The van der Waals surface area contributed by atoms with Gasteiger partial charge in [0.15, 0.2) is 0 Å². The second-order valence-corrected chi connectivity index (χ2v) is 5.62. The summed E-state index contributed by atoms with van der Waals surface area (Å²) in [6.07, 6.45) is 1.63. The van der Waals surface area contributed by atoms with Crippen molar-refractivity contribution in [2.45, 2.75) is 13.8 Å². The van der Waals surface area contributed by atoms with E-state index in [1.54, 1.807) is 12.3 Å². The van der Waals surface area contributed by atoms with Crippen LogP contribution in [-0.4, -0.2) is 10.9 Å². The summed E-state index contributed by atoms with van der Waals surface area (Å²) in [5.41, 5.74) is 5.16. The van der Waals surface area contributed by atoms with Crippen molar-refractivity contribution >= 4 is 23.0 Å². The van der Waals surface area contributed by atoms with Crippen molar-refractivity contribution in [1.82, 2.24) is 4.98 Å². The average Bonchev–Trinajstić information content (AvgIpc) is 2.60. The molecule has 120 valence electrons. The molecule has 2 N–H and O–H groups in total. The summed E-state index contributed by atoms with van der Waals surface area (Å²) in [4.78, 5) is 16.7. The number of nitrogens with zero attached hydrogens (tertiary/aromatic N) is 1. The Morgan fingerprint density at radius 1 is 0.917 bits per heavy atom. The van der Waals surface area contributed by atoms with Crippen molar-refractivity contribution in [3.8, 4) is 0 Å². The van der Waals surface area contributed by atoms with Gasteiger partial charge in [-0.1, -0.05) is 30.3 Å². The molecule has 0 radical (unpaired) electrons. The van der Waals surface area contributed by atoms with Crippen LogP contribution in [0.25, 0.3) is 0 Å². The number of nitrogens with one attached hydrogen (secondary N) is 2. The van der Waals surface area contributed by atoms with Gasteiger partial charge in [-0.05, 0) is 55.3 Å². The maximum Gasteiger partial charge on any atom is 0.274 e. The van der Waals surface area contributed by atoms with E-state index in [4.69, 9.17) is 0 Å². The topological polar surface area (TPSA) is 54.0 Å². The van der Waals surface area contributed by atoms with Gasteiger partial charge in [-0.25, -0.2) is 0 Å².